The fourth-order valence-corrected chi connectivity index (χ4v) is 3.23. The molecule has 0 atom stereocenters. The molecular formula is C22H23N5O3. The topological polar surface area (TPSA) is 87.1 Å². The maximum absolute atomic E-state index is 12.5. The minimum atomic E-state index is -0.324. The van der Waals surface area contributed by atoms with Gasteiger partial charge in [-0.1, -0.05) is 12.1 Å². The second kappa shape index (κ2) is 8.28. The largest absolute Gasteiger partial charge is 0.497 e. The third kappa shape index (κ3) is 4.43. The van der Waals surface area contributed by atoms with Crippen LogP contribution in [0.3, 0.4) is 0 Å². The zero-order valence-corrected chi connectivity index (χ0v) is 17.1. The number of aryl methyl sites for hydroxylation is 2. The molecule has 0 aliphatic carbocycles. The van der Waals surface area contributed by atoms with Crippen molar-refractivity contribution in [1.29, 1.82) is 0 Å². The average molecular weight is 405 g/mol. The number of anilines is 1. The van der Waals surface area contributed by atoms with Gasteiger partial charge in [-0.2, -0.15) is 10.2 Å². The van der Waals surface area contributed by atoms with Crippen molar-refractivity contribution in [3.63, 3.8) is 0 Å². The van der Waals surface area contributed by atoms with Crippen molar-refractivity contribution < 1.29 is 13.9 Å². The Morgan fingerprint density at radius 3 is 2.80 bits per heavy atom. The van der Waals surface area contributed by atoms with Gasteiger partial charge < -0.3 is 14.5 Å². The van der Waals surface area contributed by atoms with Gasteiger partial charge in [-0.25, -0.2) is 0 Å². The summed E-state index contributed by atoms with van der Waals surface area (Å²) >= 11 is 0. The molecule has 1 amide bonds. The molecule has 0 bridgehead atoms. The summed E-state index contributed by atoms with van der Waals surface area (Å²) < 4.78 is 14.5. The molecule has 0 saturated heterocycles. The van der Waals surface area contributed by atoms with Crippen molar-refractivity contribution in [2.45, 2.75) is 26.9 Å². The van der Waals surface area contributed by atoms with Crippen molar-refractivity contribution in [3.8, 4) is 5.75 Å². The van der Waals surface area contributed by atoms with Crippen LogP contribution in [0.4, 0.5) is 5.69 Å². The van der Waals surface area contributed by atoms with E-state index in [1.54, 1.807) is 36.3 Å². The highest BCUT2D eigenvalue weighted by molar-refractivity contribution is 6.02. The van der Waals surface area contributed by atoms with Crippen molar-refractivity contribution in [3.05, 3.63) is 83.3 Å². The average Bonchev–Trinajstić information content (AvgIpc) is 3.44. The first-order chi connectivity index (χ1) is 14.5. The van der Waals surface area contributed by atoms with Crippen LogP contribution in [0.2, 0.25) is 0 Å². The number of hydrogen-bond donors (Lipinski definition) is 1. The van der Waals surface area contributed by atoms with Crippen LogP contribution in [0, 0.1) is 13.8 Å². The SMILES string of the molecule is COc1cccc(Cn2cc(NC(=O)c3ccc(Cn4nc(C)cc4C)o3)cn2)c1. The number of methoxy groups -OCH3 is 1. The summed E-state index contributed by atoms with van der Waals surface area (Å²) in [6.07, 6.45) is 3.38. The third-order valence-corrected chi connectivity index (χ3v) is 4.66. The van der Waals surface area contributed by atoms with Crippen LogP contribution in [0.1, 0.15) is 33.3 Å². The maximum atomic E-state index is 12.5. The van der Waals surface area contributed by atoms with Crippen LogP contribution in [-0.4, -0.2) is 32.6 Å². The molecule has 30 heavy (non-hydrogen) atoms. The molecule has 0 aliphatic rings. The Morgan fingerprint density at radius 2 is 2.03 bits per heavy atom. The fourth-order valence-electron chi connectivity index (χ4n) is 3.23. The summed E-state index contributed by atoms with van der Waals surface area (Å²) in [6.45, 7) is 4.98. The van der Waals surface area contributed by atoms with E-state index in [1.165, 1.54) is 0 Å². The van der Waals surface area contributed by atoms with Gasteiger partial charge >= 0.3 is 0 Å². The fraction of sp³-hybridized carbons (Fsp3) is 0.227. The van der Waals surface area contributed by atoms with Gasteiger partial charge in [0.2, 0.25) is 0 Å². The zero-order valence-electron chi connectivity index (χ0n) is 17.1. The van der Waals surface area contributed by atoms with Gasteiger partial charge in [0.15, 0.2) is 5.76 Å². The van der Waals surface area contributed by atoms with Crippen molar-refractivity contribution in [2.75, 3.05) is 12.4 Å². The number of hydrogen-bond acceptors (Lipinski definition) is 5. The van der Waals surface area contributed by atoms with E-state index in [0.717, 1.165) is 22.7 Å². The van der Waals surface area contributed by atoms with E-state index in [-0.39, 0.29) is 11.7 Å². The van der Waals surface area contributed by atoms with Gasteiger partial charge in [0.1, 0.15) is 11.5 Å². The number of carbonyl (C=O) groups is 1. The van der Waals surface area contributed by atoms with Crippen LogP contribution >= 0.6 is 0 Å². The molecular weight excluding hydrogens is 382 g/mol. The lowest BCUT2D eigenvalue weighted by Gasteiger charge is -2.04. The Kier molecular flexibility index (Phi) is 5.38. The third-order valence-electron chi connectivity index (χ3n) is 4.66. The van der Waals surface area contributed by atoms with Crippen LogP contribution in [-0.2, 0) is 13.1 Å². The second-order valence-corrected chi connectivity index (χ2v) is 7.08. The molecule has 8 nitrogen and oxygen atoms in total. The van der Waals surface area contributed by atoms with Crippen LogP contribution in [0.5, 0.6) is 5.75 Å². The lowest BCUT2D eigenvalue weighted by molar-refractivity contribution is 0.0994. The minimum absolute atomic E-state index is 0.243. The minimum Gasteiger partial charge on any atom is -0.497 e. The molecule has 1 aromatic carbocycles. The van der Waals surface area contributed by atoms with Crippen LogP contribution < -0.4 is 10.1 Å². The van der Waals surface area contributed by atoms with E-state index < -0.39 is 0 Å². The molecule has 0 aliphatic heterocycles. The van der Waals surface area contributed by atoms with Crippen LogP contribution in [0.25, 0.3) is 0 Å². The van der Waals surface area contributed by atoms with Gasteiger partial charge in [-0.05, 0) is 49.7 Å². The summed E-state index contributed by atoms with van der Waals surface area (Å²) in [4.78, 5) is 12.5. The first kappa shape index (κ1) is 19.5. The molecule has 0 unspecified atom stereocenters. The summed E-state index contributed by atoms with van der Waals surface area (Å²) in [5, 5.41) is 11.5. The molecule has 8 heteroatoms. The molecule has 0 saturated carbocycles. The number of aromatic nitrogens is 4. The second-order valence-electron chi connectivity index (χ2n) is 7.08. The number of benzene rings is 1. The molecule has 0 radical (unpaired) electrons. The summed E-state index contributed by atoms with van der Waals surface area (Å²) in [5.41, 5.74) is 3.64. The zero-order chi connectivity index (χ0) is 21.1. The van der Waals surface area contributed by atoms with Crippen molar-refractivity contribution in [2.24, 2.45) is 0 Å². The van der Waals surface area contributed by atoms with E-state index in [4.69, 9.17) is 9.15 Å². The Hall–Kier alpha value is -3.81. The molecule has 0 fully saturated rings. The standard InChI is InChI=1S/C22H23N5O3/c1-15-9-16(2)27(25-15)14-20-7-8-21(30-20)22(28)24-18-11-23-26(13-18)12-17-5-4-6-19(10-17)29-3/h4-11,13H,12,14H2,1-3H3,(H,24,28). The van der Waals surface area contributed by atoms with Crippen molar-refractivity contribution in [1.82, 2.24) is 19.6 Å². The predicted molar refractivity (Wildman–Crippen MR) is 112 cm³/mol. The maximum Gasteiger partial charge on any atom is 0.291 e. The molecule has 0 spiro atoms. The molecule has 3 aromatic heterocycles. The molecule has 154 valence electrons. The normalized spacial score (nSPS) is 10.9. The molecule has 4 aromatic rings. The molecule has 3 heterocycles. The summed E-state index contributed by atoms with van der Waals surface area (Å²) in [6, 6.07) is 13.2. The van der Waals surface area contributed by atoms with E-state index in [1.807, 2.05) is 48.9 Å². The molecule has 1 N–H and O–H groups in total. The van der Waals surface area contributed by atoms with E-state index in [0.29, 0.717) is 24.5 Å². The number of amides is 1. The number of furan rings is 1. The lowest BCUT2D eigenvalue weighted by atomic mass is 10.2. The number of nitrogens with zero attached hydrogens (tertiary/aromatic N) is 4. The van der Waals surface area contributed by atoms with E-state index in [2.05, 4.69) is 15.5 Å². The van der Waals surface area contributed by atoms with E-state index in [9.17, 15) is 4.79 Å². The summed E-state index contributed by atoms with van der Waals surface area (Å²) in [7, 11) is 1.64. The monoisotopic (exact) mass is 405 g/mol. The Balaban J connectivity index is 1.38. The Bertz CT molecular complexity index is 1170. The number of nitrogens with one attached hydrogen (secondary N) is 1. The Labute approximate surface area is 174 Å². The number of carbonyl (C=O) groups excluding carboxylic acids is 1. The highest BCUT2D eigenvalue weighted by Gasteiger charge is 2.14. The first-order valence-electron chi connectivity index (χ1n) is 9.56. The van der Waals surface area contributed by atoms with Gasteiger partial charge in [0, 0.05) is 11.9 Å². The van der Waals surface area contributed by atoms with Crippen molar-refractivity contribution >= 4 is 11.6 Å². The smallest absolute Gasteiger partial charge is 0.291 e. The van der Waals surface area contributed by atoms with Gasteiger partial charge in [0.05, 0.1) is 37.8 Å². The van der Waals surface area contributed by atoms with Gasteiger partial charge in [0.25, 0.3) is 5.91 Å². The molecule has 4 rings (SSSR count). The van der Waals surface area contributed by atoms with Gasteiger partial charge in [-0.15, -0.1) is 0 Å². The van der Waals surface area contributed by atoms with Crippen LogP contribution in [0.15, 0.2) is 59.3 Å². The predicted octanol–water partition coefficient (Wildman–Crippen LogP) is 3.65. The summed E-state index contributed by atoms with van der Waals surface area (Å²) in [5.74, 6) is 1.38. The van der Waals surface area contributed by atoms with E-state index >= 15 is 0 Å². The highest BCUT2D eigenvalue weighted by atomic mass is 16.5. The quantitative estimate of drug-likeness (QED) is 0.507. The number of ether oxygens (including phenoxy) is 1. The first-order valence-corrected chi connectivity index (χ1v) is 9.56. The van der Waals surface area contributed by atoms with Gasteiger partial charge in [-0.3, -0.25) is 14.2 Å². The Morgan fingerprint density at radius 1 is 1.17 bits per heavy atom. The lowest BCUT2D eigenvalue weighted by Crippen LogP contribution is -2.10. The number of rotatable bonds is 7. The highest BCUT2D eigenvalue weighted by Crippen LogP contribution is 2.16.